The van der Waals surface area contributed by atoms with Crippen LogP contribution in [0.1, 0.15) is 11.1 Å². The Labute approximate surface area is 106 Å². The van der Waals surface area contributed by atoms with Crippen molar-refractivity contribution in [1.82, 2.24) is 0 Å². The smallest absolute Gasteiger partial charge is 0.128 e. The summed E-state index contributed by atoms with van der Waals surface area (Å²) in [5, 5.41) is 0. The molecular weight excluding hydrogens is 229 g/mol. The maximum absolute atomic E-state index is 13.7. The predicted molar refractivity (Wildman–Crippen MR) is 71.0 cm³/mol. The molecule has 94 valence electrons. The van der Waals surface area contributed by atoms with Crippen LogP contribution >= 0.6 is 0 Å². The van der Waals surface area contributed by atoms with E-state index in [4.69, 9.17) is 10.5 Å². The van der Waals surface area contributed by atoms with E-state index in [1.807, 2.05) is 31.2 Å². The molecule has 0 aliphatic carbocycles. The van der Waals surface area contributed by atoms with Crippen LogP contribution < -0.4 is 10.5 Å². The van der Waals surface area contributed by atoms with Crippen molar-refractivity contribution >= 4 is 0 Å². The molecule has 3 heteroatoms. The Morgan fingerprint density at radius 2 is 1.78 bits per heavy atom. The molecule has 0 fully saturated rings. The highest BCUT2D eigenvalue weighted by atomic mass is 19.1. The van der Waals surface area contributed by atoms with E-state index in [0.29, 0.717) is 5.56 Å². The summed E-state index contributed by atoms with van der Waals surface area (Å²) in [6.45, 7) is 2.18. The molecule has 2 N–H and O–H groups in total. The van der Waals surface area contributed by atoms with Crippen molar-refractivity contribution in [2.24, 2.45) is 5.73 Å². The minimum atomic E-state index is -0.261. The van der Waals surface area contributed by atoms with Crippen molar-refractivity contribution in [3.63, 3.8) is 0 Å². The van der Waals surface area contributed by atoms with E-state index >= 15 is 0 Å². The van der Waals surface area contributed by atoms with Crippen molar-refractivity contribution in [2.45, 2.75) is 13.5 Å². The van der Waals surface area contributed by atoms with Gasteiger partial charge in [-0.05, 0) is 41.8 Å². The third-order valence-electron chi connectivity index (χ3n) is 3.00. The minimum Gasteiger partial charge on any atom is -0.496 e. The van der Waals surface area contributed by atoms with E-state index in [-0.39, 0.29) is 12.4 Å². The van der Waals surface area contributed by atoms with Crippen molar-refractivity contribution in [3.05, 3.63) is 53.3 Å². The monoisotopic (exact) mass is 245 g/mol. The molecular formula is C15H16FNO. The quantitative estimate of drug-likeness (QED) is 0.900. The molecule has 0 aliphatic heterocycles. The average Bonchev–Trinajstić information content (AvgIpc) is 2.38. The lowest BCUT2D eigenvalue weighted by Crippen LogP contribution is -1.99. The first-order valence-corrected chi connectivity index (χ1v) is 5.79. The lowest BCUT2D eigenvalue weighted by atomic mass is 10.0. The Hall–Kier alpha value is -1.87. The van der Waals surface area contributed by atoms with Gasteiger partial charge >= 0.3 is 0 Å². The average molecular weight is 245 g/mol. The molecule has 0 radical (unpaired) electrons. The van der Waals surface area contributed by atoms with Crippen molar-refractivity contribution in [2.75, 3.05) is 7.11 Å². The summed E-state index contributed by atoms with van der Waals surface area (Å²) in [7, 11) is 1.64. The van der Waals surface area contributed by atoms with E-state index < -0.39 is 0 Å². The number of rotatable bonds is 3. The second-order valence-electron chi connectivity index (χ2n) is 4.19. The molecule has 0 atom stereocenters. The van der Waals surface area contributed by atoms with Gasteiger partial charge in [0.05, 0.1) is 7.11 Å². The number of halogens is 1. The van der Waals surface area contributed by atoms with Gasteiger partial charge in [-0.2, -0.15) is 0 Å². The highest BCUT2D eigenvalue weighted by Crippen LogP contribution is 2.27. The van der Waals surface area contributed by atoms with Crippen LogP contribution in [0, 0.1) is 12.7 Å². The van der Waals surface area contributed by atoms with E-state index in [0.717, 1.165) is 22.4 Å². The van der Waals surface area contributed by atoms with Gasteiger partial charge in [-0.25, -0.2) is 4.39 Å². The first kappa shape index (κ1) is 12.6. The first-order chi connectivity index (χ1) is 8.65. The van der Waals surface area contributed by atoms with Crippen LogP contribution in [0.5, 0.6) is 5.75 Å². The molecule has 0 saturated carbocycles. The Balaban J connectivity index is 2.42. The second-order valence-corrected chi connectivity index (χ2v) is 4.19. The fourth-order valence-electron chi connectivity index (χ4n) is 1.95. The zero-order valence-corrected chi connectivity index (χ0v) is 10.5. The third kappa shape index (κ3) is 2.36. The standard InChI is InChI=1S/C15H16FNO/c1-10-7-11(5-6-15(10)18-2)12-3-4-13(9-17)14(16)8-12/h3-8H,9,17H2,1-2H3. The van der Waals surface area contributed by atoms with E-state index in [9.17, 15) is 4.39 Å². The fraction of sp³-hybridized carbons (Fsp3) is 0.200. The van der Waals surface area contributed by atoms with Gasteiger partial charge in [0.2, 0.25) is 0 Å². The zero-order chi connectivity index (χ0) is 13.1. The van der Waals surface area contributed by atoms with E-state index in [2.05, 4.69) is 0 Å². The molecule has 0 heterocycles. The molecule has 0 saturated heterocycles. The molecule has 0 spiro atoms. The molecule has 0 aromatic heterocycles. The fourth-order valence-corrected chi connectivity index (χ4v) is 1.95. The van der Waals surface area contributed by atoms with Gasteiger partial charge in [-0.15, -0.1) is 0 Å². The highest BCUT2D eigenvalue weighted by Gasteiger charge is 2.06. The van der Waals surface area contributed by atoms with Gasteiger partial charge < -0.3 is 10.5 Å². The van der Waals surface area contributed by atoms with Crippen LogP contribution in [0.3, 0.4) is 0 Å². The van der Waals surface area contributed by atoms with Crippen molar-refractivity contribution < 1.29 is 9.13 Å². The number of benzene rings is 2. The number of ether oxygens (including phenoxy) is 1. The van der Waals surface area contributed by atoms with Gasteiger partial charge in [0.1, 0.15) is 11.6 Å². The Kier molecular flexibility index (Phi) is 3.63. The van der Waals surface area contributed by atoms with Gasteiger partial charge in [-0.1, -0.05) is 18.2 Å². The van der Waals surface area contributed by atoms with Crippen LogP contribution in [-0.2, 0) is 6.54 Å². The SMILES string of the molecule is COc1ccc(-c2ccc(CN)c(F)c2)cc1C. The molecule has 2 rings (SSSR count). The van der Waals surface area contributed by atoms with Crippen LogP contribution in [-0.4, -0.2) is 7.11 Å². The number of hydrogen-bond acceptors (Lipinski definition) is 2. The molecule has 2 aromatic rings. The molecule has 18 heavy (non-hydrogen) atoms. The summed E-state index contributed by atoms with van der Waals surface area (Å²) in [4.78, 5) is 0. The van der Waals surface area contributed by atoms with Crippen LogP contribution in [0.15, 0.2) is 36.4 Å². The molecule has 2 aromatic carbocycles. The number of nitrogens with two attached hydrogens (primary N) is 1. The maximum atomic E-state index is 13.7. The van der Waals surface area contributed by atoms with Crippen molar-refractivity contribution in [3.8, 4) is 16.9 Å². The van der Waals surface area contributed by atoms with Crippen LogP contribution in [0.25, 0.3) is 11.1 Å². The molecule has 2 nitrogen and oxygen atoms in total. The topological polar surface area (TPSA) is 35.2 Å². The summed E-state index contributed by atoms with van der Waals surface area (Å²) >= 11 is 0. The normalized spacial score (nSPS) is 10.4. The summed E-state index contributed by atoms with van der Waals surface area (Å²) in [5.74, 6) is 0.571. The number of methoxy groups -OCH3 is 1. The number of aryl methyl sites for hydroxylation is 1. The van der Waals surface area contributed by atoms with Gasteiger partial charge in [0.25, 0.3) is 0 Å². The van der Waals surface area contributed by atoms with Crippen LogP contribution in [0.2, 0.25) is 0 Å². The summed E-state index contributed by atoms with van der Waals surface area (Å²) in [6, 6.07) is 10.9. The summed E-state index contributed by atoms with van der Waals surface area (Å²) in [6.07, 6.45) is 0. The zero-order valence-electron chi connectivity index (χ0n) is 10.5. The highest BCUT2D eigenvalue weighted by molar-refractivity contribution is 5.66. The van der Waals surface area contributed by atoms with E-state index in [1.165, 1.54) is 6.07 Å². The lowest BCUT2D eigenvalue weighted by Gasteiger charge is -2.09. The maximum Gasteiger partial charge on any atom is 0.128 e. The minimum absolute atomic E-state index is 0.216. The van der Waals surface area contributed by atoms with Gasteiger partial charge in [0.15, 0.2) is 0 Å². The van der Waals surface area contributed by atoms with Gasteiger partial charge in [-0.3, -0.25) is 0 Å². The molecule has 0 aliphatic rings. The molecule has 0 unspecified atom stereocenters. The largest absolute Gasteiger partial charge is 0.496 e. The predicted octanol–water partition coefficient (Wildman–Crippen LogP) is 3.27. The Morgan fingerprint density at radius 3 is 2.33 bits per heavy atom. The lowest BCUT2D eigenvalue weighted by molar-refractivity contribution is 0.412. The third-order valence-corrected chi connectivity index (χ3v) is 3.00. The molecule has 0 bridgehead atoms. The van der Waals surface area contributed by atoms with Crippen LogP contribution in [0.4, 0.5) is 4.39 Å². The second kappa shape index (κ2) is 5.19. The van der Waals surface area contributed by atoms with Crippen molar-refractivity contribution in [1.29, 1.82) is 0 Å². The Bertz CT molecular complexity index is 515. The Morgan fingerprint density at radius 1 is 1.11 bits per heavy atom. The van der Waals surface area contributed by atoms with E-state index in [1.54, 1.807) is 13.2 Å². The summed E-state index contributed by atoms with van der Waals surface area (Å²) in [5.41, 5.74) is 8.81. The molecule has 0 amide bonds. The number of hydrogen-bond donors (Lipinski definition) is 1. The summed E-state index contributed by atoms with van der Waals surface area (Å²) < 4.78 is 18.9. The van der Waals surface area contributed by atoms with Gasteiger partial charge in [0, 0.05) is 12.1 Å². The first-order valence-electron chi connectivity index (χ1n) is 5.79.